The van der Waals surface area contributed by atoms with Gasteiger partial charge in [0.05, 0.1) is 9.44 Å². The maximum absolute atomic E-state index is 12.9. The lowest BCUT2D eigenvalue weighted by Gasteiger charge is -2.20. The van der Waals surface area contributed by atoms with Crippen LogP contribution in [0, 0.1) is 0 Å². The molecule has 0 saturated carbocycles. The highest BCUT2D eigenvalue weighted by Crippen LogP contribution is 2.30. The molecule has 0 radical (unpaired) electrons. The molecule has 1 aromatic heterocycles. The van der Waals surface area contributed by atoms with Crippen molar-refractivity contribution >= 4 is 25.5 Å². The molecule has 0 atom stereocenters. The van der Waals surface area contributed by atoms with E-state index in [2.05, 4.69) is 10.2 Å². The number of rotatable bonds is 4. The Morgan fingerprint density at radius 3 is 2.04 bits per heavy atom. The first-order valence-electron chi connectivity index (χ1n) is 7.12. The minimum Gasteiger partial charge on any atom is -0.421 e. The predicted molar refractivity (Wildman–Crippen MR) is 92.1 cm³/mol. The molecule has 3 rings (SSSR count). The standard InChI is InChI=1S/C15H14B2N2O3S/c16-15(17,23(20,21)12-9-5-2-6-10-12)14-19-18-13(22-14)11-7-3-1-4-8-11/h1-10H,16-17H2. The van der Waals surface area contributed by atoms with Gasteiger partial charge in [-0.3, -0.25) is 0 Å². The van der Waals surface area contributed by atoms with E-state index in [1.165, 1.54) is 0 Å². The van der Waals surface area contributed by atoms with Crippen molar-refractivity contribution in [3.8, 4) is 11.5 Å². The SMILES string of the molecule is BC(B)(c1nnc(-c2ccccc2)o1)S(=O)(=O)c1ccccc1. The molecule has 0 saturated heterocycles. The molecule has 114 valence electrons. The second kappa shape index (κ2) is 5.70. The molecule has 3 aromatic rings. The summed E-state index contributed by atoms with van der Waals surface area (Å²) < 4.78 is 30.1. The average molecular weight is 324 g/mol. The lowest BCUT2D eigenvalue weighted by atomic mass is 9.69. The molecule has 0 N–H and O–H groups in total. The zero-order chi connectivity index (χ0) is 16.5. The second-order valence-electron chi connectivity index (χ2n) is 5.61. The Hall–Kier alpha value is -2.34. The number of sulfone groups is 1. The summed E-state index contributed by atoms with van der Waals surface area (Å²) in [6.45, 7) is 0. The molecule has 8 heteroatoms. The van der Waals surface area contributed by atoms with Gasteiger partial charge in [0.25, 0.3) is 0 Å². The zero-order valence-corrected chi connectivity index (χ0v) is 13.6. The fraction of sp³-hybridized carbons (Fsp3) is 0.0667. The summed E-state index contributed by atoms with van der Waals surface area (Å²) in [5.41, 5.74) is 0.749. The molecule has 0 amide bonds. The van der Waals surface area contributed by atoms with Gasteiger partial charge in [-0.05, 0) is 24.3 Å². The summed E-state index contributed by atoms with van der Waals surface area (Å²) in [7, 11) is -0.523. The van der Waals surface area contributed by atoms with E-state index < -0.39 is 14.4 Å². The molecule has 0 fully saturated rings. The number of nitrogens with zero attached hydrogens (tertiary/aromatic N) is 2. The Morgan fingerprint density at radius 1 is 0.870 bits per heavy atom. The van der Waals surface area contributed by atoms with Gasteiger partial charge in [-0.25, -0.2) is 8.42 Å². The topological polar surface area (TPSA) is 73.1 Å². The van der Waals surface area contributed by atoms with Crippen LogP contribution >= 0.6 is 0 Å². The van der Waals surface area contributed by atoms with Crippen LogP contribution in [-0.2, 0) is 14.4 Å². The van der Waals surface area contributed by atoms with Crippen LogP contribution in [0.15, 0.2) is 70.0 Å². The summed E-state index contributed by atoms with van der Waals surface area (Å²) in [6, 6.07) is 17.5. The fourth-order valence-electron chi connectivity index (χ4n) is 2.17. The molecule has 0 aliphatic rings. The third kappa shape index (κ3) is 2.70. The number of hydrogen-bond acceptors (Lipinski definition) is 5. The lowest BCUT2D eigenvalue weighted by Crippen LogP contribution is -2.37. The Bertz CT molecular complexity index is 910. The van der Waals surface area contributed by atoms with Gasteiger partial charge in [0.2, 0.25) is 11.8 Å². The highest BCUT2D eigenvalue weighted by Gasteiger charge is 2.41. The quantitative estimate of drug-likeness (QED) is 0.657. The van der Waals surface area contributed by atoms with Crippen LogP contribution in [0.2, 0.25) is 0 Å². The van der Waals surface area contributed by atoms with Crippen LogP contribution in [-0.4, -0.2) is 34.3 Å². The molecule has 0 spiro atoms. The maximum Gasteiger partial charge on any atom is 0.247 e. The first kappa shape index (κ1) is 15.6. The first-order valence-corrected chi connectivity index (χ1v) is 8.60. The number of benzene rings is 2. The Balaban J connectivity index is 2.02. The molecule has 0 unspecified atom stereocenters. The second-order valence-corrected chi connectivity index (χ2v) is 8.10. The van der Waals surface area contributed by atoms with Crippen molar-refractivity contribution in [3.63, 3.8) is 0 Å². The van der Waals surface area contributed by atoms with Gasteiger partial charge >= 0.3 is 0 Å². The molecule has 2 aromatic carbocycles. The van der Waals surface area contributed by atoms with Crippen LogP contribution in [0.4, 0.5) is 0 Å². The van der Waals surface area contributed by atoms with Crippen molar-refractivity contribution in [2.75, 3.05) is 0 Å². The summed E-state index contributed by atoms with van der Waals surface area (Å²) in [4.78, 5) is 0.226. The van der Waals surface area contributed by atoms with Gasteiger partial charge in [0.1, 0.15) is 15.7 Å². The summed E-state index contributed by atoms with van der Waals surface area (Å²) >= 11 is 0. The highest BCUT2D eigenvalue weighted by molar-refractivity contribution is 7.94. The van der Waals surface area contributed by atoms with E-state index in [1.807, 2.05) is 30.3 Å². The Morgan fingerprint density at radius 2 is 1.43 bits per heavy atom. The van der Waals surface area contributed by atoms with E-state index >= 15 is 0 Å². The van der Waals surface area contributed by atoms with E-state index in [0.29, 0.717) is 5.89 Å². The summed E-state index contributed by atoms with van der Waals surface area (Å²) in [6.07, 6.45) is 0. The van der Waals surface area contributed by atoms with E-state index in [1.54, 1.807) is 46.0 Å². The molecule has 1 heterocycles. The van der Waals surface area contributed by atoms with Crippen molar-refractivity contribution < 1.29 is 12.8 Å². The van der Waals surface area contributed by atoms with Gasteiger partial charge in [0, 0.05) is 5.56 Å². The van der Waals surface area contributed by atoms with Crippen LogP contribution in [0.5, 0.6) is 0 Å². The predicted octanol–water partition coefficient (Wildman–Crippen LogP) is 0.587. The van der Waals surface area contributed by atoms with Crippen LogP contribution in [0.3, 0.4) is 0 Å². The molecular formula is C15H14B2N2O3S. The van der Waals surface area contributed by atoms with Gasteiger partial charge in [-0.2, -0.15) is 0 Å². The minimum absolute atomic E-state index is 0.0696. The average Bonchev–Trinajstić information content (AvgIpc) is 3.07. The van der Waals surface area contributed by atoms with Crippen LogP contribution in [0.1, 0.15) is 5.89 Å². The number of aromatic nitrogens is 2. The molecule has 23 heavy (non-hydrogen) atoms. The third-order valence-corrected chi connectivity index (χ3v) is 6.10. The fourth-order valence-corrected chi connectivity index (χ4v) is 3.59. The largest absolute Gasteiger partial charge is 0.421 e. The van der Waals surface area contributed by atoms with Gasteiger partial charge in [0.15, 0.2) is 9.84 Å². The van der Waals surface area contributed by atoms with Crippen molar-refractivity contribution in [2.45, 2.75) is 9.44 Å². The van der Waals surface area contributed by atoms with E-state index in [-0.39, 0.29) is 10.8 Å². The van der Waals surface area contributed by atoms with Gasteiger partial charge in [-0.1, -0.05) is 36.4 Å². The molecular weight excluding hydrogens is 310 g/mol. The summed E-state index contributed by atoms with van der Waals surface area (Å²) in [5, 5.41) is 7.94. The van der Waals surface area contributed by atoms with Crippen LogP contribution < -0.4 is 0 Å². The molecule has 0 aliphatic carbocycles. The zero-order valence-electron chi connectivity index (χ0n) is 12.8. The van der Waals surface area contributed by atoms with Gasteiger partial charge < -0.3 is 4.42 Å². The van der Waals surface area contributed by atoms with E-state index in [9.17, 15) is 8.42 Å². The smallest absolute Gasteiger partial charge is 0.247 e. The molecule has 5 nitrogen and oxygen atoms in total. The third-order valence-electron chi connectivity index (χ3n) is 3.69. The monoisotopic (exact) mass is 324 g/mol. The van der Waals surface area contributed by atoms with Gasteiger partial charge in [-0.15, -0.1) is 10.2 Å². The normalized spacial score (nSPS) is 12.2. The van der Waals surface area contributed by atoms with Crippen molar-refractivity contribution in [1.82, 2.24) is 10.2 Å². The van der Waals surface area contributed by atoms with Crippen molar-refractivity contribution in [1.29, 1.82) is 0 Å². The van der Waals surface area contributed by atoms with E-state index in [0.717, 1.165) is 5.56 Å². The Kier molecular flexibility index (Phi) is 3.85. The lowest BCUT2D eigenvalue weighted by molar-refractivity contribution is 0.502. The minimum atomic E-state index is -3.66. The maximum atomic E-state index is 12.9. The van der Waals surface area contributed by atoms with Crippen molar-refractivity contribution in [2.24, 2.45) is 0 Å². The highest BCUT2D eigenvalue weighted by atomic mass is 32.2. The number of hydrogen-bond donors (Lipinski definition) is 0. The molecule has 0 bridgehead atoms. The summed E-state index contributed by atoms with van der Waals surface area (Å²) in [5.74, 6) is 0.372. The molecule has 0 aliphatic heterocycles. The Labute approximate surface area is 136 Å². The van der Waals surface area contributed by atoms with E-state index in [4.69, 9.17) is 4.42 Å². The van der Waals surface area contributed by atoms with Crippen molar-refractivity contribution in [3.05, 3.63) is 66.6 Å². The van der Waals surface area contributed by atoms with Crippen LogP contribution in [0.25, 0.3) is 11.5 Å². The first-order chi connectivity index (χ1) is 10.9.